The van der Waals surface area contributed by atoms with Gasteiger partial charge in [-0.3, -0.25) is 0 Å². The predicted molar refractivity (Wildman–Crippen MR) is 108 cm³/mol. The van der Waals surface area contributed by atoms with E-state index in [0.717, 1.165) is 11.4 Å². The summed E-state index contributed by atoms with van der Waals surface area (Å²) in [5.41, 5.74) is 10.4. The van der Waals surface area contributed by atoms with Crippen LogP contribution in [0.1, 0.15) is 0 Å². The Morgan fingerprint density at radius 2 is 0.889 bits per heavy atom. The number of aromatic nitrogens is 1. The van der Waals surface area contributed by atoms with Crippen LogP contribution in [-0.4, -0.2) is 7.05 Å². The lowest BCUT2D eigenvalue weighted by Gasteiger charge is -2.11. The molecule has 1 N–H and O–H groups in total. The average molecular weight is 464 g/mol. The Balaban J connectivity index is 0.00000210. The summed E-state index contributed by atoms with van der Waals surface area (Å²) >= 11 is 0. The SMILES string of the molecule is CN[n+]1c(-c2ccccc2)cc(-c2ccccc2)cc1-c1ccccc1.[I-]. The van der Waals surface area contributed by atoms with Crippen molar-refractivity contribution in [2.24, 2.45) is 0 Å². The summed E-state index contributed by atoms with van der Waals surface area (Å²) in [6.45, 7) is 0. The fourth-order valence-electron chi connectivity index (χ4n) is 3.28. The van der Waals surface area contributed by atoms with Gasteiger partial charge < -0.3 is 24.0 Å². The van der Waals surface area contributed by atoms with Crippen molar-refractivity contribution >= 4 is 0 Å². The quantitative estimate of drug-likeness (QED) is 0.362. The number of nitrogens with one attached hydrogen (secondary N) is 1. The van der Waals surface area contributed by atoms with Gasteiger partial charge in [-0.2, -0.15) is 5.43 Å². The normalized spacial score (nSPS) is 10.1. The van der Waals surface area contributed by atoms with Crippen LogP contribution in [-0.2, 0) is 0 Å². The Labute approximate surface area is 177 Å². The van der Waals surface area contributed by atoms with E-state index < -0.39 is 0 Å². The first-order valence-corrected chi connectivity index (χ1v) is 8.81. The zero-order valence-corrected chi connectivity index (χ0v) is 17.3. The van der Waals surface area contributed by atoms with Crippen molar-refractivity contribution in [3.8, 4) is 33.6 Å². The summed E-state index contributed by atoms with van der Waals surface area (Å²) in [6, 6.07) is 36.0. The van der Waals surface area contributed by atoms with E-state index in [1.54, 1.807) is 0 Å². The highest BCUT2D eigenvalue weighted by atomic mass is 127. The number of rotatable bonds is 4. The summed E-state index contributed by atoms with van der Waals surface area (Å²) in [7, 11) is 1.96. The summed E-state index contributed by atoms with van der Waals surface area (Å²) in [5, 5.41) is 0. The topological polar surface area (TPSA) is 15.9 Å². The molecule has 4 rings (SSSR count). The lowest BCUT2D eigenvalue weighted by Crippen LogP contribution is -3.00. The Kier molecular flexibility index (Phi) is 6.24. The molecule has 134 valence electrons. The maximum atomic E-state index is 3.36. The summed E-state index contributed by atoms with van der Waals surface area (Å²) in [5.74, 6) is 0. The van der Waals surface area contributed by atoms with Crippen molar-refractivity contribution < 1.29 is 28.7 Å². The minimum Gasteiger partial charge on any atom is -1.00 e. The number of nitrogens with zero attached hydrogens (tertiary/aromatic N) is 1. The van der Waals surface area contributed by atoms with Crippen molar-refractivity contribution in [3.63, 3.8) is 0 Å². The number of hydrogen-bond acceptors (Lipinski definition) is 1. The monoisotopic (exact) mass is 464 g/mol. The second-order valence-corrected chi connectivity index (χ2v) is 6.17. The van der Waals surface area contributed by atoms with Gasteiger partial charge in [-0.05, 0) is 35.4 Å². The van der Waals surface area contributed by atoms with Crippen molar-refractivity contribution in [3.05, 3.63) is 103 Å². The van der Waals surface area contributed by atoms with Gasteiger partial charge in [0.1, 0.15) is 0 Å². The molecule has 3 aromatic carbocycles. The molecule has 0 amide bonds. The van der Waals surface area contributed by atoms with Crippen LogP contribution < -0.4 is 34.1 Å². The molecule has 0 radical (unpaired) electrons. The van der Waals surface area contributed by atoms with Crippen LogP contribution in [0, 0.1) is 0 Å². The highest BCUT2D eigenvalue weighted by molar-refractivity contribution is 5.73. The van der Waals surface area contributed by atoms with Crippen LogP contribution >= 0.6 is 0 Å². The summed E-state index contributed by atoms with van der Waals surface area (Å²) < 4.78 is 2.15. The predicted octanol–water partition coefficient (Wildman–Crippen LogP) is 2.15. The minimum absolute atomic E-state index is 0. The van der Waals surface area contributed by atoms with Crippen LogP contribution in [0.2, 0.25) is 0 Å². The van der Waals surface area contributed by atoms with Gasteiger partial charge >= 0.3 is 0 Å². The second kappa shape index (κ2) is 8.82. The van der Waals surface area contributed by atoms with Crippen LogP contribution in [0.4, 0.5) is 0 Å². The molecule has 0 aliphatic rings. The van der Waals surface area contributed by atoms with E-state index >= 15 is 0 Å². The van der Waals surface area contributed by atoms with E-state index in [-0.39, 0.29) is 24.0 Å². The van der Waals surface area contributed by atoms with E-state index in [9.17, 15) is 0 Å². The number of pyridine rings is 1. The molecule has 0 atom stereocenters. The molecule has 4 aromatic rings. The Hall–Kier alpha value is -2.66. The van der Waals surface area contributed by atoms with Crippen LogP contribution in [0.15, 0.2) is 103 Å². The van der Waals surface area contributed by atoms with Crippen LogP contribution in [0.5, 0.6) is 0 Å². The van der Waals surface area contributed by atoms with E-state index in [2.05, 4.69) is 101 Å². The van der Waals surface area contributed by atoms with Gasteiger partial charge in [0.15, 0.2) is 0 Å². The van der Waals surface area contributed by atoms with E-state index in [4.69, 9.17) is 0 Å². The molecule has 1 heterocycles. The minimum atomic E-state index is 0. The number of hydrogen-bond donors (Lipinski definition) is 1. The molecule has 0 fully saturated rings. The lowest BCUT2D eigenvalue weighted by atomic mass is 10.00. The average Bonchev–Trinajstić information content (AvgIpc) is 2.74. The largest absolute Gasteiger partial charge is 1.00 e. The molecule has 0 aliphatic carbocycles. The zero-order valence-electron chi connectivity index (χ0n) is 15.1. The van der Waals surface area contributed by atoms with Gasteiger partial charge in [-0.1, -0.05) is 71.4 Å². The van der Waals surface area contributed by atoms with Crippen molar-refractivity contribution in [1.29, 1.82) is 0 Å². The third-order valence-corrected chi connectivity index (χ3v) is 4.54. The van der Waals surface area contributed by atoms with Crippen LogP contribution in [0.3, 0.4) is 0 Å². The van der Waals surface area contributed by atoms with E-state index in [1.807, 2.05) is 19.2 Å². The van der Waals surface area contributed by atoms with Crippen molar-refractivity contribution in [2.45, 2.75) is 0 Å². The maximum Gasteiger partial charge on any atom is 0.243 e. The fourth-order valence-corrected chi connectivity index (χ4v) is 3.28. The standard InChI is InChI=1S/C24H21N2.HI/c1-25-26-23(20-13-7-3-8-14-20)17-22(19-11-5-2-6-12-19)18-24(26)21-15-9-4-10-16-21;/h2-18,25H,1H3;1H/q+1;/p-1. The Morgan fingerprint density at radius 3 is 1.26 bits per heavy atom. The van der Waals surface area contributed by atoms with Crippen molar-refractivity contribution in [1.82, 2.24) is 0 Å². The summed E-state index contributed by atoms with van der Waals surface area (Å²) in [4.78, 5) is 0. The van der Waals surface area contributed by atoms with Gasteiger partial charge in [0.25, 0.3) is 0 Å². The molecule has 3 heteroatoms. The third-order valence-electron chi connectivity index (χ3n) is 4.54. The maximum absolute atomic E-state index is 3.36. The fraction of sp³-hybridized carbons (Fsp3) is 0.0417. The smallest absolute Gasteiger partial charge is 0.243 e. The first kappa shape index (κ1) is 19.1. The number of halogens is 1. The van der Waals surface area contributed by atoms with Gasteiger partial charge in [-0.25, -0.2) is 0 Å². The molecule has 0 aliphatic heterocycles. The molecule has 0 bridgehead atoms. The Bertz CT molecular complexity index is 940. The zero-order chi connectivity index (χ0) is 17.8. The molecule has 27 heavy (non-hydrogen) atoms. The highest BCUT2D eigenvalue weighted by Gasteiger charge is 2.22. The first-order chi connectivity index (χ1) is 12.9. The first-order valence-electron chi connectivity index (χ1n) is 8.81. The third kappa shape index (κ3) is 4.03. The Morgan fingerprint density at radius 1 is 0.519 bits per heavy atom. The molecule has 0 spiro atoms. The molecule has 0 saturated carbocycles. The molecule has 0 saturated heterocycles. The van der Waals surface area contributed by atoms with Gasteiger partial charge in [0.05, 0.1) is 7.05 Å². The number of benzene rings is 3. The molecule has 0 unspecified atom stereocenters. The van der Waals surface area contributed by atoms with Gasteiger partial charge in [0.2, 0.25) is 11.4 Å². The summed E-state index contributed by atoms with van der Waals surface area (Å²) in [6.07, 6.45) is 0. The van der Waals surface area contributed by atoms with E-state index in [0.29, 0.717) is 0 Å². The molecule has 2 nitrogen and oxygen atoms in total. The van der Waals surface area contributed by atoms with Crippen molar-refractivity contribution in [2.75, 3.05) is 12.5 Å². The molecule has 1 aromatic heterocycles. The lowest BCUT2D eigenvalue weighted by molar-refractivity contribution is -0.624. The molecular formula is C24H21IN2. The van der Waals surface area contributed by atoms with Crippen LogP contribution in [0.25, 0.3) is 33.6 Å². The van der Waals surface area contributed by atoms with E-state index in [1.165, 1.54) is 22.3 Å². The van der Waals surface area contributed by atoms with Gasteiger partial charge in [0, 0.05) is 23.3 Å². The second-order valence-electron chi connectivity index (χ2n) is 6.17. The molecular weight excluding hydrogens is 443 g/mol. The van der Waals surface area contributed by atoms with Gasteiger partial charge in [-0.15, -0.1) is 0 Å². The highest BCUT2D eigenvalue weighted by Crippen LogP contribution is 2.28.